The van der Waals surface area contributed by atoms with Crippen LogP contribution in [0.25, 0.3) is 0 Å². The minimum absolute atomic E-state index is 0.0985. The number of hydrogen-bond donors (Lipinski definition) is 2. The zero-order valence-electron chi connectivity index (χ0n) is 6.14. The van der Waals surface area contributed by atoms with Gasteiger partial charge in [-0.15, -0.1) is 11.8 Å². The Morgan fingerprint density at radius 2 is 2.42 bits per heavy atom. The molecule has 2 unspecified atom stereocenters. The third-order valence-corrected chi connectivity index (χ3v) is 3.63. The molecule has 0 saturated carbocycles. The molecule has 12 heavy (non-hydrogen) atoms. The van der Waals surface area contributed by atoms with E-state index >= 15 is 0 Å². The standard InChI is InChI=1S/C6H8N2O3S/c7-3-4(9)8-1-2(6(10)11)12-5(3)8/h2-3,5H,1,7H2,(H,10,11)/t2?,3?,5-/m1/s1. The minimum atomic E-state index is -0.866. The maximum atomic E-state index is 11.0. The molecule has 0 aromatic heterocycles. The van der Waals surface area contributed by atoms with Crippen LogP contribution >= 0.6 is 11.8 Å². The molecule has 6 heteroatoms. The fraction of sp³-hybridized carbons (Fsp3) is 0.667. The number of carbonyl (C=O) groups excluding carboxylic acids is 1. The molecule has 2 aliphatic heterocycles. The molecule has 66 valence electrons. The number of nitrogens with zero attached hydrogens (tertiary/aromatic N) is 1. The molecule has 0 bridgehead atoms. The van der Waals surface area contributed by atoms with E-state index in [1.54, 1.807) is 0 Å². The van der Waals surface area contributed by atoms with Gasteiger partial charge < -0.3 is 15.7 Å². The molecule has 0 spiro atoms. The molecule has 2 aliphatic rings. The smallest absolute Gasteiger partial charge is 0.318 e. The van der Waals surface area contributed by atoms with Crippen molar-refractivity contribution < 1.29 is 14.7 Å². The van der Waals surface area contributed by atoms with Crippen molar-refractivity contribution >= 4 is 23.6 Å². The Morgan fingerprint density at radius 3 is 2.92 bits per heavy atom. The van der Waals surface area contributed by atoms with Crippen LogP contribution in [-0.2, 0) is 9.59 Å². The maximum absolute atomic E-state index is 11.0. The van der Waals surface area contributed by atoms with E-state index < -0.39 is 17.3 Å². The average Bonchev–Trinajstić information content (AvgIpc) is 2.43. The highest BCUT2D eigenvalue weighted by molar-refractivity contribution is 8.01. The quantitative estimate of drug-likeness (QED) is 0.499. The summed E-state index contributed by atoms with van der Waals surface area (Å²) >= 11 is 1.26. The van der Waals surface area contributed by atoms with Crippen LogP contribution in [0.3, 0.4) is 0 Å². The van der Waals surface area contributed by atoms with E-state index in [0.29, 0.717) is 6.54 Å². The van der Waals surface area contributed by atoms with Crippen molar-refractivity contribution in [1.82, 2.24) is 4.90 Å². The van der Waals surface area contributed by atoms with Gasteiger partial charge in [-0.25, -0.2) is 0 Å². The summed E-state index contributed by atoms with van der Waals surface area (Å²) < 4.78 is 0. The van der Waals surface area contributed by atoms with Gasteiger partial charge in [-0.3, -0.25) is 9.59 Å². The topological polar surface area (TPSA) is 83.6 Å². The molecule has 2 rings (SSSR count). The summed E-state index contributed by atoms with van der Waals surface area (Å²) in [6.45, 7) is 0.303. The van der Waals surface area contributed by atoms with Gasteiger partial charge in [0.1, 0.15) is 16.7 Å². The van der Waals surface area contributed by atoms with Crippen LogP contribution in [0.15, 0.2) is 0 Å². The number of thioether (sulfide) groups is 1. The summed E-state index contributed by atoms with van der Waals surface area (Å²) in [5.41, 5.74) is 5.46. The second-order valence-electron chi connectivity index (χ2n) is 2.87. The lowest BCUT2D eigenvalue weighted by Gasteiger charge is -2.38. The Labute approximate surface area is 72.9 Å². The van der Waals surface area contributed by atoms with E-state index in [-0.39, 0.29) is 11.3 Å². The summed E-state index contributed by atoms with van der Waals surface area (Å²) in [6.07, 6.45) is 0. The zero-order valence-corrected chi connectivity index (χ0v) is 6.95. The number of rotatable bonds is 1. The summed E-state index contributed by atoms with van der Waals surface area (Å²) in [5, 5.41) is 8.06. The van der Waals surface area contributed by atoms with E-state index in [1.165, 1.54) is 16.7 Å². The van der Waals surface area contributed by atoms with Crippen molar-refractivity contribution in [3.63, 3.8) is 0 Å². The summed E-state index contributed by atoms with van der Waals surface area (Å²) in [6, 6.07) is -0.487. The predicted molar refractivity (Wildman–Crippen MR) is 42.5 cm³/mol. The van der Waals surface area contributed by atoms with Crippen LogP contribution in [-0.4, -0.2) is 45.1 Å². The molecule has 1 amide bonds. The normalized spacial score (nSPS) is 39.2. The lowest BCUT2D eigenvalue weighted by Crippen LogP contribution is -2.64. The number of hydrogen-bond acceptors (Lipinski definition) is 4. The second-order valence-corrected chi connectivity index (χ2v) is 4.19. The summed E-state index contributed by atoms with van der Waals surface area (Å²) in [5.74, 6) is -0.995. The van der Waals surface area contributed by atoms with Crippen LogP contribution < -0.4 is 5.73 Å². The molecule has 5 nitrogen and oxygen atoms in total. The van der Waals surface area contributed by atoms with Crippen molar-refractivity contribution in [1.29, 1.82) is 0 Å². The third kappa shape index (κ3) is 0.848. The van der Waals surface area contributed by atoms with Gasteiger partial charge in [0.25, 0.3) is 0 Å². The second kappa shape index (κ2) is 2.37. The molecule has 0 aromatic rings. The molecule has 0 aromatic carbocycles. The fourth-order valence-corrected chi connectivity index (χ4v) is 2.75. The zero-order chi connectivity index (χ0) is 8.88. The van der Waals surface area contributed by atoms with Gasteiger partial charge in [0.15, 0.2) is 0 Å². The SMILES string of the molecule is NC1C(=O)N2CC(C(=O)O)S[C@H]12. The number of carboxylic acids is 1. The Balaban J connectivity index is 2.07. The van der Waals surface area contributed by atoms with Gasteiger partial charge in [-0.05, 0) is 0 Å². The molecule has 3 atom stereocenters. The van der Waals surface area contributed by atoms with Crippen LogP contribution in [0, 0.1) is 0 Å². The highest BCUT2D eigenvalue weighted by Gasteiger charge is 2.53. The lowest BCUT2D eigenvalue weighted by molar-refractivity contribution is -0.144. The number of nitrogens with two attached hydrogens (primary N) is 1. The number of fused-ring (bicyclic) bond motifs is 1. The molecule has 0 radical (unpaired) electrons. The van der Waals surface area contributed by atoms with Gasteiger partial charge >= 0.3 is 5.97 Å². The summed E-state index contributed by atoms with van der Waals surface area (Å²) in [7, 11) is 0. The Hall–Kier alpha value is -0.750. The van der Waals surface area contributed by atoms with Gasteiger partial charge in [0, 0.05) is 6.54 Å². The van der Waals surface area contributed by atoms with E-state index in [1.807, 2.05) is 0 Å². The first kappa shape index (κ1) is 7.88. The largest absolute Gasteiger partial charge is 0.480 e. The van der Waals surface area contributed by atoms with Crippen LogP contribution in [0.5, 0.6) is 0 Å². The Kier molecular flexibility index (Phi) is 1.55. The lowest BCUT2D eigenvalue weighted by atomic mass is 10.1. The fourth-order valence-electron chi connectivity index (χ4n) is 1.43. The van der Waals surface area contributed by atoms with Crippen LogP contribution in [0.4, 0.5) is 0 Å². The van der Waals surface area contributed by atoms with Crippen molar-refractivity contribution in [2.24, 2.45) is 5.73 Å². The van der Waals surface area contributed by atoms with Crippen LogP contribution in [0.1, 0.15) is 0 Å². The number of β-lactam (4-membered cyclic amide) rings is 1. The number of carboxylic acid groups (broad SMARTS) is 1. The number of amides is 1. The Bertz CT molecular complexity index is 257. The van der Waals surface area contributed by atoms with E-state index in [9.17, 15) is 9.59 Å². The van der Waals surface area contributed by atoms with Crippen molar-refractivity contribution in [2.45, 2.75) is 16.7 Å². The van der Waals surface area contributed by atoms with Gasteiger partial charge in [0.05, 0.1) is 0 Å². The molecule has 3 N–H and O–H groups in total. The van der Waals surface area contributed by atoms with Gasteiger partial charge in [-0.2, -0.15) is 0 Å². The highest BCUT2D eigenvalue weighted by Crippen LogP contribution is 2.38. The number of carbonyl (C=O) groups is 2. The monoisotopic (exact) mass is 188 g/mol. The highest BCUT2D eigenvalue weighted by atomic mass is 32.2. The number of aliphatic carboxylic acids is 1. The van der Waals surface area contributed by atoms with E-state index in [2.05, 4.69) is 0 Å². The first-order valence-corrected chi connectivity index (χ1v) is 4.50. The first-order chi connectivity index (χ1) is 5.61. The predicted octanol–water partition coefficient (Wildman–Crippen LogP) is -1.32. The molecular formula is C6H8N2O3S. The van der Waals surface area contributed by atoms with Crippen molar-refractivity contribution in [2.75, 3.05) is 6.54 Å². The molecular weight excluding hydrogens is 180 g/mol. The average molecular weight is 188 g/mol. The minimum Gasteiger partial charge on any atom is -0.480 e. The van der Waals surface area contributed by atoms with Gasteiger partial charge in [-0.1, -0.05) is 0 Å². The van der Waals surface area contributed by atoms with E-state index in [4.69, 9.17) is 10.8 Å². The molecule has 0 aliphatic carbocycles. The third-order valence-electron chi connectivity index (χ3n) is 2.12. The van der Waals surface area contributed by atoms with E-state index in [0.717, 1.165) is 0 Å². The first-order valence-electron chi connectivity index (χ1n) is 3.55. The molecule has 2 saturated heterocycles. The van der Waals surface area contributed by atoms with Crippen LogP contribution in [0.2, 0.25) is 0 Å². The molecule has 2 heterocycles. The van der Waals surface area contributed by atoms with Crippen molar-refractivity contribution in [3.8, 4) is 0 Å². The summed E-state index contributed by atoms with van der Waals surface area (Å²) in [4.78, 5) is 23.1. The van der Waals surface area contributed by atoms with Crippen molar-refractivity contribution in [3.05, 3.63) is 0 Å². The Morgan fingerprint density at radius 1 is 1.75 bits per heavy atom. The molecule has 2 fully saturated rings. The maximum Gasteiger partial charge on any atom is 0.318 e. The van der Waals surface area contributed by atoms with Gasteiger partial charge in [0.2, 0.25) is 5.91 Å².